The van der Waals surface area contributed by atoms with Gasteiger partial charge in [0.25, 0.3) is 0 Å². The third kappa shape index (κ3) is 4.00. The fraction of sp³-hybridized carbons (Fsp3) is 0.545. The van der Waals surface area contributed by atoms with Gasteiger partial charge >= 0.3 is 5.97 Å². The highest BCUT2D eigenvalue weighted by Crippen LogP contribution is 2.22. The number of hydrogen-bond acceptors (Lipinski definition) is 5. The van der Waals surface area contributed by atoms with Gasteiger partial charge in [-0.15, -0.1) is 11.3 Å². The number of nitrogens with one attached hydrogen (secondary N) is 1. The van der Waals surface area contributed by atoms with Crippen molar-refractivity contribution in [2.24, 2.45) is 0 Å². The molecular formula is C11H15NO5S2. The molecule has 1 atom stereocenters. The van der Waals surface area contributed by atoms with Crippen molar-refractivity contribution < 1.29 is 23.1 Å². The number of rotatable bonds is 6. The van der Waals surface area contributed by atoms with Gasteiger partial charge in [0.05, 0.1) is 12.5 Å². The first-order valence-corrected chi connectivity index (χ1v) is 8.19. The highest BCUT2D eigenvalue weighted by Gasteiger charge is 2.21. The fourth-order valence-corrected chi connectivity index (χ4v) is 4.28. The molecule has 1 aliphatic heterocycles. The summed E-state index contributed by atoms with van der Waals surface area (Å²) < 4.78 is 31.9. The van der Waals surface area contributed by atoms with Crippen molar-refractivity contribution in [2.45, 2.75) is 29.6 Å². The van der Waals surface area contributed by atoms with Crippen LogP contribution in [0.4, 0.5) is 0 Å². The van der Waals surface area contributed by atoms with Crippen LogP contribution in [0.1, 0.15) is 17.7 Å². The summed E-state index contributed by atoms with van der Waals surface area (Å²) in [5, 5.41) is 8.65. The Morgan fingerprint density at radius 3 is 2.95 bits per heavy atom. The average molecular weight is 305 g/mol. The van der Waals surface area contributed by atoms with Gasteiger partial charge in [-0.05, 0) is 25.0 Å². The molecule has 6 nitrogen and oxygen atoms in total. The molecule has 8 heteroatoms. The number of thiophene rings is 1. The average Bonchev–Trinajstić information content (AvgIpc) is 2.96. The molecule has 106 valence electrons. The van der Waals surface area contributed by atoms with Gasteiger partial charge in [-0.25, -0.2) is 13.1 Å². The van der Waals surface area contributed by atoms with Gasteiger partial charge in [-0.2, -0.15) is 0 Å². The van der Waals surface area contributed by atoms with Crippen LogP contribution in [0, 0.1) is 0 Å². The van der Waals surface area contributed by atoms with Crippen LogP contribution in [0.2, 0.25) is 0 Å². The van der Waals surface area contributed by atoms with E-state index in [0.29, 0.717) is 11.5 Å². The number of carboxylic acid groups (broad SMARTS) is 1. The van der Waals surface area contributed by atoms with E-state index in [1.807, 2.05) is 0 Å². The quantitative estimate of drug-likeness (QED) is 0.812. The highest BCUT2D eigenvalue weighted by atomic mass is 32.2. The van der Waals surface area contributed by atoms with Gasteiger partial charge in [-0.1, -0.05) is 0 Å². The maximum atomic E-state index is 12.0. The summed E-state index contributed by atoms with van der Waals surface area (Å²) in [6, 6.07) is 2.96. The number of carboxylic acids is 1. The molecule has 2 heterocycles. The molecule has 0 aromatic carbocycles. The maximum absolute atomic E-state index is 12.0. The largest absolute Gasteiger partial charge is 0.481 e. The van der Waals surface area contributed by atoms with Gasteiger partial charge < -0.3 is 9.84 Å². The summed E-state index contributed by atoms with van der Waals surface area (Å²) in [7, 11) is -3.57. The minimum atomic E-state index is -3.57. The smallest absolute Gasteiger partial charge is 0.308 e. The van der Waals surface area contributed by atoms with E-state index in [-0.39, 0.29) is 23.3 Å². The van der Waals surface area contributed by atoms with Crippen LogP contribution in [0.3, 0.4) is 0 Å². The Morgan fingerprint density at radius 2 is 2.32 bits per heavy atom. The van der Waals surface area contributed by atoms with Crippen LogP contribution in [-0.4, -0.2) is 38.7 Å². The van der Waals surface area contributed by atoms with Crippen molar-refractivity contribution >= 4 is 27.3 Å². The lowest BCUT2D eigenvalue weighted by Crippen LogP contribution is -2.31. The van der Waals surface area contributed by atoms with Crippen LogP contribution < -0.4 is 4.72 Å². The van der Waals surface area contributed by atoms with E-state index in [9.17, 15) is 13.2 Å². The second-order valence-electron chi connectivity index (χ2n) is 4.28. The molecule has 0 saturated carbocycles. The van der Waals surface area contributed by atoms with Crippen molar-refractivity contribution in [3.63, 3.8) is 0 Å². The van der Waals surface area contributed by atoms with E-state index < -0.39 is 16.0 Å². The molecule has 2 rings (SSSR count). The molecule has 1 fully saturated rings. The van der Waals surface area contributed by atoms with E-state index in [0.717, 1.165) is 24.2 Å². The second kappa shape index (κ2) is 6.00. The van der Waals surface area contributed by atoms with Gasteiger partial charge in [0.15, 0.2) is 0 Å². The minimum Gasteiger partial charge on any atom is -0.481 e. The molecule has 0 aliphatic carbocycles. The number of aliphatic carboxylic acids is 1. The zero-order chi connectivity index (χ0) is 13.9. The Balaban J connectivity index is 1.98. The van der Waals surface area contributed by atoms with Crippen LogP contribution in [-0.2, 0) is 26.0 Å². The summed E-state index contributed by atoms with van der Waals surface area (Å²) in [5.74, 6) is -0.974. The number of hydrogen-bond donors (Lipinski definition) is 2. The van der Waals surface area contributed by atoms with Crippen LogP contribution in [0.5, 0.6) is 0 Å². The first-order chi connectivity index (χ1) is 8.97. The van der Waals surface area contributed by atoms with Crippen LogP contribution >= 0.6 is 11.3 Å². The van der Waals surface area contributed by atoms with E-state index in [2.05, 4.69) is 4.72 Å². The van der Waals surface area contributed by atoms with Gasteiger partial charge in [0.1, 0.15) is 4.21 Å². The van der Waals surface area contributed by atoms with Gasteiger partial charge in [-0.3, -0.25) is 4.79 Å². The third-order valence-corrected chi connectivity index (χ3v) is 5.75. The third-order valence-electron chi connectivity index (χ3n) is 2.75. The Labute approximate surface area is 115 Å². The molecular weight excluding hydrogens is 290 g/mol. The first-order valence-electron chi connectivity index (χ1n) is 5.89. The second-order valence-corrected chi connectivity index (χ2v) is 7.44. The summed E-state index contributed by atoms with van der Waals surface area (Å²) in [5.41, 5.74) is 0. The van der Waals surface area contributed by atoms with Crippen molar-refractivity contribution in [3.8, 4) is 0 Å². The Hall–Kier alpha value is -0.960. The van der Waals surface area contributed by atoms with Gasteiger partial charge in [0.2, 0.25) is 10.0 Å². The molecule has 0 bridgehead atoms. The molecule has 1 aromatic heterocycles. The lowest BCUT2D eigenvalue weighted by molar-refractivity contribution is -0.136. The molecule has 19 heavy (non-hydrogen) atoms. The lowest BCUT2D eigenvalue weighted by Gasteiger charge is -2.10. The van der Waals surface area contributed by atoms with Crippen molar-refractivity contribution in [2.75, 3.05) is 13.2 Å². The fourth-order valence-electron chi connectivity index (χ4n) is 1.83. The predicted molar refractivity (Wildman–Crippen MR) is 69.8 cm³/mol. The van der Waals surface area contributed by atoms with Crippen molar-refractivity contribution in [1.29, 1.82) is 0 Å². The minimum absolute atomic E-state index is 0.0618. The first kappa shape index (κ1) is 14.4. The molecule has 0 spiro atoms. The van der Waals surface area contributed by atoms with Crippen molar-refractivity contribution in [1.82, 2.24) is 4.72 Å². The Kier molecular flexibility index (Phi) is 4.56. The van der Waals surface area contributed by atoms with Crippen LogP contribution in [0.15, 0.2) is 16.3 Å². The topological polar surface area (TPSA) is 92.7 Å². The number of carbonyl (C=O) groups is 1. The van der Waals surface area contributed by atoms with Crippen molar-refractivity contribution in [3.05, 3.63) is 17.0 Å². The Morgan fingerprint density at radius 1 is 1.53 bits per heavy atom. The molecule has 2 N–H and O–H groups in total. The lowest BCUT2D eigenvalue weighted by atomic mass is 10.2. The van der Waals surface area contributed by atoms with E-state index in [1.165, 1.54) is 12.1 Å². The maximum Gasteiger partial charge on any atom is 0.308 e. The highest BCUT2D eigenvalue weighted by molar-refractivity contribution is 7.91. The predicted octanol–water partition coefficient (Wildman–Crippen LogP) is 0.832. The monoisotopic (exact) mass is 305 g/mol. The summed E-state index contributed by atoms with van der Waals surface area (Å²) >= 11 is 0.979. The van der Waals surface area contributed by atoms with E-state index >= 15 is 0 Å². The summed E-state index contributed by atoms with van der Waals surface area (Å²) in [6.45, 7) is 0.933. The molecule has 1 saturated heterocycles. The molecule has 0 radical (unpaired) electrons. The number of ether oxygens (including phenoxy) is 1. The molecule has 1 unspecified atom stereocenters. The molecule has 0 amide bonds. The number of sulfonamides is 1. The normalized spacial score (nSPS) is 19.7. The molecule has 1 aromatic rings. The summed E-state index contributed by atoms with van der Waals surface area (Å²) in [6.07, 6.45) is 1.59. The SMILES string of the molecule is O=C(O)Cc1ccc(S(=O)(=O)NCC2CCCO2)s1. The molecule has 1 aliphatic rings. The summed E-state index contributed by atoms with van der Waals surface area (Å²) in [4.78, 5) is 11.1. The Bertz CT molecular complexity index is 545. The van der Waals surface area contributed by atoms with Gasteiger partial charge in [0, 0.05) is 18.0 Å². The van der Waals surface area contributed by atoms with E-state index in [1.54, 1.807) is 0 Å². The van der Waals surface area contributed by atoms with Crippen LogP contribution in [0.25, 0.3) is 0 Å². The van der Waals surface area contributed by atoms with E-state index in [4.69, 9.17) is 9.84 Å². The zero-order valence-electron chi connectivity index (χ0n) is 10.2. The zero-order valence-corrected chi connectivity index (χ0v) is 11.8. The standard InChI is InChI=1S/C11H15NO5S2/c13-10(14)6-9-3-4-11(18-9)19(15,16)12-7-8-2-1-5-17-8/h3-4,8,12H,1-2,5-7H2,(H,13,14).